The number of carbonyl (C=O) groups excluding carboxylic acids is 3. The zero-order valence-electron chi connectivity index (χ0n) is 12.1. The fourth-order valence-corrected chi connectivity index (χ4v) is 2.32. The summed E-state index contributed by atoms with van der Waals surface area (Å²) in [4.78, 5) is 42.8. The lowest BCUT2D eigenvalue weighted by atomic mass is 10.1. The lowest BCUT2D eigenvalue weighted by Crippen LogP contribution is -2.41. The Morgan fingerprint density at radius 1 is 1.26 bits per heavy atom. The van der Waals surface area contributed by atoms with Gasteiger partial charge >= 0.3 is 0 Å². The summed E-state index contributed by atoms with van der Waals surface area (Å²) in [5, 5.41) is 7.91. The molecule has 23 heavy (non-hydrogen) atoms. The zero-order valence-corrected chi connectivity index (χ0v) is 12.1. The number of rotatable bonds is 4. The van der Waals surface area contributed by atoms with Gasteiger partial charge in [0.1, 0.15) is 6.04 Å². The zero-order chi connectivity index (χ0) is 16.2. The topological polar surface area (TPSA) is 116 Å². The molecule has 1 unspecified atom stereocenters. The highest BCUT2D eigenvalue weighted by Gasteiger charge is 2.27. The van der Waals surface area contributed by atoms with Gasteiger partial charge in [-0.05, 0) is 18.6 Å². The molecule has 8 heteroatoms. The van der Waals surface area contributed by atoms with Crippen LogP contribution >= 0.6 is 0 Å². The van der Waals surface area contributed by atoms with Gasteiger partial charge in [-0.2, -0.15) is 0 Å². The molecule has 0 aliphatic carbocycles. The summed E-state index contributed by atoms with van der Waals surface area (Å²) in [5.41, 5.74) is 0.876. The van der Waals surface area contributed by atoms with Crippen LogP contribution in [0.15, 0.2) is 36.7 Å². The molecular formula is C15H15N5O3. The van der Waals surface area contributed by atoms with Crippen LogP contribution in [-0.4, -0.2) is 33.7 Å². The van der Waals surface area contributed by atoms with Crippen LogP contribution in [0.1, 0.15) is 23.2 Å². The highest BCUT2D eigenvalue weighted by Crippen LogP contribution is 2.19. The van der Waals surface area contributed by atoms with E-state index in [1.54, 1.807) is 30.5 Å². The molecule has 3 rings (SSSR count). The van der Waals surface area contributed by atoms with Gasteiger partial charge in [0.2, 0.25) is 17.8 Å². The number of carbonyl (C=O) groups is 3. The first-order valence-corrected chi connectivity index (χ1v) is 7.13. The molecule has 8 nitrogen and oxygen atoms in total. The van der Waals surface area contributed by atoms with Gasteiger partial charge in [-0.1, -0.05) is 12.1 Å². The molecule has 0 spiro atoms. The van der Waals surface area contributed by atoms with E-state index in [2.05, 4.69) is 25.9 Å². The van der Waals surface area contributed by atoms with Crippen LogP contribution in [0.3, 0.4) is 0 Å². The highest BCUT2D eigenvalue weighted by molar-refractivity contribution is 6.09. The van der Waals surface area contributed by atoms with Crippen LogP contribution in [-0.2, 0) is 9.59 Å². The molecule has 118 valence electrons. The van der Waals surface area contributed by atoms with Gasteiger partial charge in [-0.3, -0.25) is 19.7 Å². The Kier molecular flexibility index (Phi) is 4.05. The number of aromatic amines is 1. The van der Waals surface area contributed by atoms with Gasteiger partial charge in [-0.25, -0.2) is 4.98 Å². The van der Waals surface area contributed by atoms with Crippen molar-refractivity contribution in [1.29, 1.82) is 0 Å². The van der Waals surface area contributed by atoms with Gasteiger partial charge in [-0.15, -0.1) is 0 Å². The number of imidazole rings is 1. The molecule has 4 N–H and O–H groups in total. The van der Waals surface area contributed by atoms with E-state index in [1.165, 1.54) is 6.20 Å². The number of amides is 3. The molecule has 0 saturated carbocycles. The second kappa shape index (κ2) is 6.30. The van der Waals surface area contributed by atoms with Crippen molar-refractivity contribution >= 4 is 29.4 Å². The van der Waals surface area contributed by atoms with Gasteiger partial charge in [0.15, 0.2) is 0 Å². The van der Waals surface area contributed by atoms with Crippen LogP contribution in [0.4, 0.5) is 11.6 Å². The number of para-hydroxylation sites is 1. The van der Waals surface area contributed by atoms with E-state index in [9.17, 15) is 14.4 Å². The molecule has 0 bridgehead atoms. The molecule has 0 radical (unpaired) electrons. The van der Waals surface area contributed by atoms with Crippen molar-refractivity contribution < 1.29 is 14.4 Å². The van der Waals surface area contributed by atoms with Crippen LogP contribution in [0.2, 0.25) is 0 Å². The molecule has 2 aromatic rings. The lowest BCUT2D eigenvalue weighted by molar-refractivity contribution is -0.118. The Hall–Kier alpha value is -3.16. The van der Waals surface area contributed by atoms with Crippen molar-refractivity contribution in [2.45, 2.75) is 18.9 Å². The maximum absolute atomic E-state index is 12.2. The summed E-state index contributed by atoms with van der Waals surface area (Å²) in [5.74, 6) is -0.620. The average molecular weight is 313 g/mol. The number of hydrogen-bond acceptors (Lipinski definition) is 4. The fraction of sp³-hybridized carbons (Fsp3) is 0.200. The molecule has 1 aromatic heterocycles. The second-order valence-corrected chi connectivity index (χ2v) is 5.09. The van der Waals surface area contributed by atoms with Crippen molar-refractivity contribution in [1.82, 2.24) is 15.3 Å². The van der Waals surface area contributed by atoms with E-state index in [0.717, 1.165) is 0 Å². The van der Waals surface area contributed by atoms with E-state index in [1.807, 2.05) is 0 Å². The van der Waals surface area contributed by atoms with Crippen molar-refractivity contribution in [3.63, 3.8) is 0 Å². The first-order valence-electron chi connectivity index (χ1n) is 7.13. The van der Waals surface area contributed by atoms with Crippen LogP contribution < -0.4 is 16.0 Å². The monoisotopic (exact) mass is 313 g/mol. The van der Waals surface area contributed by atoms with E-state index in [4.69, 9.17) is 0 Å². The summed E-state index contributed by atoms with van der Waals surface area (Å²) in [7, 11) is 0. The van der Waals surface area contributed by atoms with Gasteiger partial charge in [0.05, 0.1) is 11.3 Å². The molecule has 0 fully saturated rings. The minimum absolute atomic E-state index is 0.0788. The van der Waals surface area contributed by atoms with E-state index < -0.39 is 6.04 Å². The predicted molar refractivity (Wildman–Crippen MR) is 82.8 cm³/mol. The summed E-state index contributed by atoms with van der Waals surface area (Å²) >= 11 is 0. The van der Waals surface area contributed by atoms with Gasteiger partial charge in [0, 0.05) is 18.8 Å². The molecular weight excluding hydrogens is 298 g/mol. The van der Waals surface area contributed by atoms with E-state index in [0.29, 0.717) is 17.2 Å². The third-order valence-electron chi connectivity index (χ3n) is 3.47. The number of aromatic nitrogens is 2. The Morgan fingerprint density at radius 2 is 2.09 bits per heavy atom. The minimum Gasteiger partial charge on any atom is -0.340 e. The third kappa shape index (κ3) is 3.37. The van der Waals surface area contributed by atoms with E-state index >= 15 is 0 Å². The number of fused-ring (bicyclic) bond motifs is 1. The largest absolute Gasteiger partial charge is 0.340 e. The normalized spacial score (nSPS) is 16.8. The number of H-pyrrole nitrogens is 1. The van der Waals surface area contributed by atoms with Crippen molar-refractivity contribution in [3.8, 4) is 0 Å². The number of anilines is 2. The SMILES string of the molecule is O=C(CCC1NC(=O)c2ccccc2NC1=O)Nc1ncc[nH]1. The van der Waals surface area contributed by atoms with Crippen molar-refractivity contribution in [2.24, 2.45) is 0 Å². The Balaban J connectivity index is 1.62. The molecule has 1 aromatic carbocycles. The van der Waals surface area contributed by atoms with Gasteiger partial charge < -0.3 is 15.6 Å². The first-order chi connectivity index (χ1) is 11.1. The van der Waals surface area contributed by atoms with E-state index in [-0.39, 0.29) is 30.6 Å². The molecule has 1 atom stereocenters. The van der Waals surface area contributed by atoms with Gasteiger partial charge in [0.25, 0.3) is 5.91 Å². The number of nitrogens with zero attached hydrogens (tertiary/aromatic N) is 1. The highest BCUT2D eigenvalue weighted by atomic mass is 16.2. The Bertz CT molecular complexity index is 741. The molecule has 0 saturated heterocycles. The fourth-order valence-electron chi connectivity index (χ4n) is 2.32. The third-order valence-corrected chi connectivity index (χ3v) is 3.47. The van der Waals surface area contributed by atoms with Crippen LogP contribution in [0, 0.1) is 0 Å². The summed E-state index contributed by atoms with van der Waals surface area (Å²) in [6.45, 7) is 0. The standard InChI is InChI=1S/C15H15N5O3/c21-12(20-15-16-7-8-17-15)6-5-11-14(23)18-10-4-2-1-3-9(10)13(22)19-11/h1-4,7-8,11H,5-6H2,(H,18,23)(H,19,22)(H2,16,17,20,21). The quantitative estimate of drug-likeness (QED) is 0.670. The van der Waals surface area contributed by atoms with Crippen LogP contribution in [0.25, 0.3) is 0 Å². The number of hydrogen-bond donors (Lipinski definition) is 4. The molecule has 1 aliphatic rings. The Labute approximate surface area is 131 Å². The smallest absolute Gasteiger partial charge is 0.254 e. The average Bonchev–Trinajstić information content (AvgIpc) is 3.00. The van der Waals surface area contributed by atoms with Crippen LogP contribution in [0.5, 0.6) is 0 Å². The summed E-state index contributed by atoms with van der Waals surface area (Å²) in [6.07, 6.45) is 3.38. The lowest BCUT2D eigenvalue weighted by Gasteiger charge is -2.13. The maximum Gasteiger partial charge on any atom is 0.254 e. The minimum atomic E-state index is -0.766. The molecule has 2 heterocycles. The van der Waals surface area contributed by atoms with Crippen molar-refractivity contribution in [2.75, 3.05) is 10.6 Å². The predicted octanol–water partition coefficient (Wildman–Crippen LogP) is 0.879. The number of benzene rings is 1. The Morgan fingerprint density at radius 3 is 2.87 bits per heavy atom. The second-order valence-electron chi connectivity index (χ2n) is 5.09. The first kappa shape index (κ1) is 14.8. The number of nitrogens with one attached hydrogen (secondary N) is 4. The maximum atomic E-state index is 12.2. The summed E-state index contributed by atoms with van der Waals surface area (Å²) < 4.78 is 0. The summed E-state index contributed by atoms with van der Waals surface area (Å²) in [6, 6.07) is 6.00. The molecule has 1 aliphatic heterocycles. The molecule has 3 amide bonds. The van der Waals surface area contributed by atoms with Crippen molar-refractivity contribution in [3.05, 3.63) is 42.2 Å².